The van der Waals surface area contributed by atoms with Crippen molar-refractivity contribution in [3.8, 4) is 0 Å². The maximum Gasteiger partial charge on any atom is 0.255 e. The Bertz CT molecular complexity index is 899. The van der Waals surface area contributed by atoms with Crippen molar-refractivity contribution in [1.82, 2.24) is 15.1 Å². The number of hydrogen-bond acceptors (Lipinski definition) is 6. The highest BCUT2D eigenvalue weighted by Crippen LogP contribution is 2.69. The van der Waals surface area contributed by atoms with Crippen LogP contribution >= 0.6 is 0 Å². The second kappa shape index (κ2) is 6.13. The van der Waals surface area contributed by atoms with Crippen molar-refractivity contribution in [2.24, 2.45) is 10.6 Å². The molecule has 26 heavy (non-hydrogen) atoms. The van der Waals surface area contributed by atoms with E-state index in [9.17, 15) is 8.42 Å². The smallest absolute Gasteiger partial charge is 0.255 e. The molecule has 0 unspecified atom stereocenters. The van der Waals surface area contributed by atoms with Gasteiger partial charge in [-0.3, -0.25) is 0 Å². The van der Waals surface area contributed by atoms with E-state index in [-0.39, 0.29) is 22.3 Å². The van der Waals surface area contributed by atoms with E-state index in [1.54, 1.807) is 12.3 Å². The molecule has 0 spiro atoms. The summed E-state index contributed by atoms with van der Waals surface area (Å²) in [6, 6.07) is 3.23. The number of sulfonamides is 1. The second-order valence-electron chi connectivity index (χ2n) is 8.08. The quantitative estimate of drug-likeness (QED) is 0.877. The van der Waals surface area contributed by atoms with Gasteiger partial charge in [0.2, 0.25) is 5.89 Å². The van der Waals surface area contributed by atoms with Gasteiger partial charge in [-0.2, -0.15) is 4.98 Å². The van der Waals surface area contributed by atoms with Crippen LogP contribution in [0, 0.1) is 5.41 Å². The van der Waals surface area contributed by atoms with Crippen molar-refractivity contribution in [3.63, 3.8) is 0 Å². The highest BCUT2D eigenvalue weighted by atomic mass is 32.2. The molecule has 0 aliphatic heterocycles. The molecule has 0 amide bonds. The van der Waals surface area contributed by atoms with Crippen LogP contribution in [-0.4, -0.2) is 23.5 Å². The van der Waals surface area contributed by atoms with Gasteiger partial charge in [-0.05, 0) is 29.9 Å². The second-order valence-corrected chi connectivity index (χ2v) is 9.59. The first-order valence-electron chi connectivity index (χ1n) is 9.11. The number of primary sulfonamides is 1. The average molecular weight is 376 g/mol. The molecule has 140 valence electrons. The molecule has 2 fully saturated rings. The molecule has 2 aliphatic rings. The zero-order valence-electron chi connectivity index (χ0n) is 15.1. The van der Waals surface area contributed by atoms with Crippen LogP contribution < -0.4 is 5.14 Å². The molecular formula is C18H24N4O3S. The third kappa shape index (κ3) is 3.05. The van der Waals surface area contributed by atoms with Crippen LogP contribution in [0.25, 0.3) is 0 Å². The molecule has 2 saturated carbocycles. The Morgan fingerprint density at radius 1 is 1.15 bits per heavy atom. The average Bonchev–Trinajstić information content (AvgIpc) is 2.95. The first-order chi connectivity index (χ1) is 12.3. The monoisotopic (exact) mass is 376 g/mol. The van der Waals surface area contributed by atoms with E-state index < -0.39 is 10.0 Å². The van der Waals surface area contributed by atoms with Gasteiger partial charge in [0, 0.05) is 18.0 Å². The van der Waals surface area contributed by atoms with Gasteiger partial charge in [-0.15, -0.1) is 0 Å². The number of nitrogens with zero attached hydrogens (tertiary/aromatic N) is 3. The van der Waals surface area contributed by atoms with Gasteiger partial charge in [-0.25, -0.2) is 18.5 Å². The van der Waals surface area contributed by atoms with Crippen LogP contribution in [0.4, 0.5) is 0 Å². The van der Waals surface area contributed by atoms with Gasteiger partial charge < -0.3 is 4.52 Å². The lowest BCUT2D eigenvalue weighted by Crippen LogP contribution is -2.13. The van der Waals surface area contributed by atoms with Gasteiger partial charge >= 0.3 is 0 Å². The van der Waals surface area contributed by atoms with Crippen LogP contribution in [0.15, 0.2) is 27.9 Å². The Labute approximate surface area is 153 Å². The summed E-state index contributed by atoms with van der Waals surface area (Å²) in [5.41, 5.74) is 0.922. The molecule has 2 aliphatic carbocycles. The van der Waals surface area contributed by atoms with E-state index >= 15 is 0 Å². The lowest BCUT2D eigenvalue weighted by atomic mass is 9.89. The number of aromatic nitrogens is 3. The summed E-state index contributed by atoms with van der Waals surface area (Å²) < 4.78 is 28.4. The predicted molar refractivity (Wildman–Crippen MR) is 95.0 cm³/mol. The molecule has 0 aromatic carbocycles. The third-order valence-corrected chi connectivity index (χ3v) is 6.76. The number of nitrogens with two attached hydrogens (primary N) is 1. The summed E-state index contributed by atoms with van der Waals surface area (Å²) in [6.07, 6.45) is 7.61. The van der Waals surface area contributed by atoms with Crippen molar-refractivity contribution in [2.75, 3.05) is 0 Å². The summed E-state index contributed by atoms with van der Waals surface area (Å²) in [5.74, 6) is 2.22. The van der Waals surface area contributed by atoms with Crippen molar-refractivity contribution in [2.45, 2.75) is 68.7 Å². The lowest BCUT2D eigenvalue weighted by molar-refractivity contribution is 0.351. The molecule has 2 aromatic rings. The molecule has 8 heteroatoms. The SMILES string of the molecule is CC1(C)[C@H](c2ccc(S(N)(=O)=O)nc2)[C@H]1c1nc(C2CCCCC2)no1. The summed E-state index contributed by atoms with van der Waals surface area (Å²) in [4.78, 5) is 8.71. The fourth-order valence-electron chi connectivity index (χ4n) is 4.36. The molecule has 4 rings (SSSR count). The van der Waals surface area contributed by atoms with Crippen molar-refractivity contribution in [1.29, 1.82) is 0 Å². The Balaban J connectivity index is 1.55. The minimum Gasteiger partial charge on any atom is -0.339 e. The van der Waals surface area contributed by atoms with Gasteiger partial charge in [0.1, 0.15) is 0 Å². The predicted octanol–water partition coefficient (Wildman–Crippen LogP) is 3.07. The van der Waals surface area contributed by atoms with Crippen LogP contribution in [0.3, 0.4) is 0 Å². The first-order valence-corrected chi connectivity index (χ1v) is 10.7. The number of hydrogen-bond donors (Lipinski definition) is 1. The molecule has 0 bridgehead atoms. The van der Waals surface area contributed by atoms with E-state index in [2.05, 4.69) is 24.0 Å². The van der Waals surface area contributed by atoms with E-state index in [1.165, 1.54) is 25.3 Å². The normalized spacial score (nSPS) is 26.0. The highest BCUT2D eigenvalue weighted by Gasteiger charge is 2.62. The van der Waals surface area contributed by atoms with E-state index in [4.69, 9.17) is 14.6 Å². The fraction of sp³-hybridized carbons (Fsp3) is 0.611. The largest absolute Gasteiger partial charge is 0.339 e. The Morgan fingerprint density at radius 2 is 1.88 bits per heavy atom. The fourth-order valence-corrected chi connectivity index (χ4v) is 4.82. The van der Waals surface area contributed by atoms with Gasteiger partial charge in [-0.1, -0.05) is 44.3 Å². The van der Waals surface area contributed by atoms with Gasteiger partial charge in [0.25, 0.3) is 10.0 Å². The highest BCUT2D eigenvalue weighted by molar-refractivity contribution is 7.89. The minimum atomic E-state index is -3.78. The summed E-state index contributed by atoms with van der Waals surface area (Å²) in [7, 11) is -3.78. The minimum absolute atomic E-state index is 0.0405. The standard InChI is InChI=1S/C18H24N4O3S/c1-18(2)14(12-8-9-13(20-10-12)26(19,23)24)15(18)17-21-16(22-25-17)11-6-4-3-5-7-11/h8-11,14-15H,3-7H2,1-2H3,(H2,19,23,24)/t14-,15+/m1/s1. The van der Waals surface area contributed by atoms with Gasteiger partial charge in [0.05, 0.1) is 5.92 Å². The van der Waals surface area contributed by atoms with E-state index in [1.807, 2.05) is 0 Å². The van der Waals surface area contributed by atoms with Crippen LogP contribution in [0.1, 0.15) is 81.0 Å². The maximum atomic E-state index is 11.4. The number of rotatable bonds is 4. The Kier molecular flexibility index (Phi) is 4.15. The molecule has 2 N–H and O–H groups in total. The number of pyridine rings is 1. The topological polar surface area (TPSA) is 112 Å². The van der Waals surface area contributed by atoms with E-state index in [0.29, 0.717) is 11.8 Å². The molecule has 2 aromatic heterocycles. The molecule has 2 atom stereocenters. The summed E-state index contributed by atoms with van der Waals surface area (Å²) in [6.45, 7) is 4.31. The van der Waals surface area contributed by atoms with Crippen LogP contribution in [0.5, 0.6) is 0 Å². The van der Waals surface area contributed by atoms with Crippen molar-refractivity contribution in [3.05, 3.63) is 35.6 Å². The van der Waals surface area contributed by atoms with Crippen LogP contribution in [0.2, 0.25) is 0 Å². The van der Waals surface area contributed by atoms with Crippen LogP contribution in [-0.2, 0) is 10.0 Å². The molecule has 0 saturated heterocycles. The Hall–Kier alpha value is -1.80. The summed E-state index contributed by atoms with van der Waals surface area (Å²) in [5, 5.41) is 9.25. The molecule has 0 radical (unpaired) electrons. The van der Waals surface area contributed by atoms with Crippen molar-refractivity contribution < 1.29 is 12.9 Å². The van der Waals surface area contributed by atoms with E-state index in [0.717, 1.165) is 24.2 Å². The van der Waals surface area contributed by atoms with Gasteiger partial charge in [0.15, 0.2) is 10.9 Å². The first kappa shape index (κ1) is 17.6. The lowest BCUT2D eigenvalue weighted by Gasteiger charge is -2.17. The summed E-state index contributed by atoms with van der Waals surface area (Å²) >= 11 is 0. The zero-order chi connectivity index (χ0) is 18.5. The zero-order valence-corrected chi connectivity index (χ0v) is 15.9. The third-order valence-electron chi connectivity index (χ3n) is 5.93. The molecule has 2 heterocycles. The maximum absolute atomic E-state index is 11.4. The Morgan fingerprint density at radius 3 is 2.50 bits per heavy atom. The molecular weight excluding hydrogens is 352 g/mol. The molecule has 7 nitrogen and oxygen atoms in total. The van der Waals surface area contributed by atoms with Crippen molar-refractivity contribution >= 4 is 10.0 Å².